The molecule has 0 radical (unpaired) electrons. The number of hydrogen-bond donors (Lipinski definition) is 2. The van der Waals surface area contributed by atoms with E-state index < -0.39 is 0 Å². The van der Waals surface area contributed by atoms with Crippen molar-refractivity contribution in [2.75, 3.05) is 13.1 Å². The summed E-state index contributed by atoms with van der Waals surface area (Å²) in [4.78, 5) is 46.4. The number of nitrogens with one attached hydrogen (secondary N) is 2. The van der Waals surface area contributed by atoms with Crippen molar-refractivity contribution in [3.8, 4) is 12.3 Å². The van der Waals surface area contributed by atoms with Crippen molar-refractivity contribution in [3.63, 3.8) is 0 Å². The molecule has 2 aromatic heterocycles. The van der Waals surface area contributed by atoms with E-state index in [1.165, 1.54) is 11.1 Å². The Morgan fingerprint density at radius 3 is 1.57 bits per heavy atom. The molecule has 0 unspecified atom stereocenters. The molecule has 2 heterocycles. The van der Waals surface area contributed by atoms with Gasteiger partial charge in [0.25, 0.3) is 0 Å². The van der Waals surface area contributed by atoms with Gasteiger partial charge in [-0.25, -0.2) is 9.97 Å². The Hall–Kier alpha value is -5.68. The molecule has 8 nitrogen and oxygen atoms in total. The Balaban J connectivity index is 1.08. The number of benzene rings is 4. The molecular formula is C41H42N6O2. The van der Waals surface area contributed by atoms with Crippen LogP contribution in [0.2, 0.25) is 0 Å². The SMILES string of the molecule is C#CCCN(Cc1nc2ccc(CCc3ccc4nc(CN(CCC)C(=O)Cc5ccccc5)[nH]c4c3)cc2[nH]1)C(=O)Cc1ccccc1. The number of aromatic nitrogens is 4. The van der Waals surface area contributed by atoms with Crippen LogP contribution in [0.3, 0.4) is 0 Å². The lowest BCUT2D eigenvalue weighted by Gasteiger charge is -2.21. The number of imidazole rings is 2. The molecule has 248 valence electrons. The number of carbonyl (C=O) groups excluding carboxylic acids is 2. The lowest BCUT2D eigenvalue weighted by atomic mass is 10.0. The van der Waals surface area contributed by atoms with Crippen molar-refractivity contribution in [3.05, 3.63) is 131 Å². The van der Waals surface area contributed by atoms with Crippen LogP contribution in [0.15, 0.2) is 97.1 Å². The number of terminal acetylenes is 1. The van der Waals surface area contributed by atoms with Crippen molar-refractivity contribution in [2.24, 2.45) is 0 Å². The van der Waals surface area contributed by atoms with Crippen LogP contribution < -0.4 is 0 Å². The minimum atomic E-state index is 0.0267. The number of aryl methyl sites for hydroxylation is 2. The highest BCUT2D eigenvalue weighted by molar-refractivity contribution is 5.80. The summed E-state index contributed by atoms with van der Waals surface area (Å²) >= 11 is 0. The first kappa shape index (κ1) is 33.2. The van der Waals surface area contributed by atoms with Gasteiger partial charge in [-0.15, -0.1) is 12.3 Å². The fraction of sp³-hybridized carbons (Fsp3) is 0.268. The van der Waals surface area contributed by atoms with Crippen LogP contribution in [0.4, 0.5) is 0 Å². The van der Waals surface area contributed by atoms with Gasteiger partial charge >= 0.3 is 0 Å². The van der Waals surface area contributed by atoms with E-state index in [9.17, 15) is 9.59 Å². The van der Waals surface area contributed by atoms with Gasteiger partial charge in [0.15, 0.2) is 0 Å². The van der Waals surface area contributed by atoms with Crippen molar-refractivity contribution in [1.82, 2.24) is 29.7 Å². The summed E-state index contributed by atoms with van der Waals surface area (Å²) in [5.74, 6) is 4.32. The van der Waals surface area contributed by atoms with E-state index in [4.69, 9.17) is 16.4 Å². The lowest BCUT2D eigenvalue weighted by Crippen LogP contribution is -2.33. The summed E-state index contributed by atoms with van der Waals surface area (Å²) < 4.78 is 0. The average Bonchev–Trinajstić information content (AvgIpc) is 3.72. The summed E-state index contributed by atoms with van der Waals surface area (Å²) in [5, 5.41) is 0. The number of hydrogen-bond acceptors (Lipinski definition) is 4. The van der Waals surface area contributed by atoms with Crippen molar-refractivity contribution < 1.29 is 9.59 Å². The maximum Gasteiger partial charge on any atom is 0.227 e. The zero-order valence-corrected chi connectivity index (χ0v) is 28.0. The molecule has 0 saturated carbocycles. The van der Waals surface area contributed by atoms with Crippen molar-refractivity contribution in [1.29, 1.82) is 0 Å². The summed E-state index contributed by atoms with van der Waals surface area (Å²) in [5.41, 5.74) is 8.10. The Morgan fingerprint density at radius 2 is 1.12 bits per heavy atom. The summed E-state index contributed by atoms with van der Waals surface area (Å²) in [6, 6.07) is 32.3. The maximum absolute atomic E-state index is 13.2. The van der Waals surface area contributed by atoms with Gasteiger partial charge in [0, 0.05) is 19.5 Å². The van der Waals surface area contributed by atoms with Crippen molar-refractivity contribution in [2.45, 2.75) is 58.5 Å². The van der Waals surface area contributed by atoms with Crippen molar-refractivity contribution >= 4 is 33.9 Å². The van der Waals surface area contributed by atoms with Crippen LogP contribution in [-0.2, 0) is 48.4 Å². The number of aromatic amines is 2. The summed E-state index contributed by atoms with van der Waals surface area (Å²) in [6.07, 6.45) is 9.34. The second kappa shape index (κ2) is 15.9. The number of rotatable bonds is 15. The van der Waals surface area contributed by atoms with Crippen LogP contribution in [0.1, 0.15) is 53.7 Å². The second-order valence-electron chi connectivity index (χ2n) is 12.5. The smallest absolute Gasteiger partial charge is 0.227 e. The molecule has 6 aromatic rings. The minimum Gasteiger partial charge on any atom is -0.340 e. The average molecular weight is 651 g/mol. The molecule has 2 N–H and O–H groups in total. The normalized spacial score (nSPS) is 11.1. The third-order valence-corrected chi connectivity index (χ3v) is 8.70. The third kappa shape index (κ3) is 8.82. The number of nitrogens with zero attached hydrogens (tertiary/aromatic N) is 4. The van der Waals surface area contributed by atoms with Crippen LogP contribution >= 0.6 is 0 Å². The van der Waals surface area contributed by atoms with Crippen LogP contribution in [0.25, 0.3) is 22.1 Å². The van der Waals surface area contributed by atoms with E-state index in [0.29, 0.717) is 45.4 Å². The molecule has 0 saturated heterocycles. The van der Waals surface area contributed by atoms with Crippen LogP contribution in [0, 0.1) is 12.3 Å². The van der Waals surface area contributed by atoms with Gasteiger partial charge in [-0.3, -0.25) is 9.59 Å². The third-order valence-electron chi connectivity index (χ3n) is 8.70. The molecule has 0 spiro atoms. The predicted octanol–water partition coefficient (Wildman–Crippen LogP) is 6.80. The lowest BCUT2D eigenvalue weighted by molar-refractivity contribution is -0.132. The molecule has 0 aliphatic heterocycles. The molecule has 0 aliphatic rings. The Labute approximate surface area is 287 Å². The van der Waals surface area contributed by atoms with E-state index in [1.54, 1.807) is 4.90 Å². The Morgan fingerprint density at radius 1 is 0.653 bits per heavy atom. The van der Waals surface area contributed by atoms with Gasteiger partial charge in [-0.2, -0.15) is 0 Å². The van der Waals surface area contributed by atoms with E-state index in [1.807, 2.05) is 71.6 Å². The molecule has 0 atom stereocenters. The molecule has 4 aromatic carbocycles. The largest absolute Gasteiger partial charge is 0.340 e. The standard InChI is InChI=1S/C41H42N6O2/c1-3-5-23-47(41(49)27-31-14-10-7-11-15-31)29-39-43-35-21-19-33(25-37(35)45-39)17-16-32-18-20-34-36(24-32)44-38(42-34)28-46(22-4-2)40(48)26-30-12-8-6-9-13-30/h1,6-15,18-21,24-25H,4-5,16-17,22-23,26-29H2,2H3,(H,42,44)(H,43,45). The van der Waals surface area contributed by atoms with Gasteiger partial charge in [0.1, 0.15) is 11.6 Å². The van der Waals surface area contributed by atoms with Crippen LogP contribution in [-0.4, -0.2) is 54.6 Å². The molecule has 6 rings (SSSR count). The second-order valence-corrected chi connectivity index (χ2v) is 12.5. The summed E-state index contributed by atoms with van der Waals surface area (Å²) in [6.45, 7) is 4.09. The predicted molar refractivity (Wildman–Crippen MR) is 194 cm³/mol. The first-order chi connectivity index (χ1) is 24.0. The van der Waals surface area contributed by atoms with Gasteiger partial charge in [-0.05, 0) is 65.8 Å². The zero-order valence-electron chi connectivity index (χ0n) is 28.0. The number of carbonyl (C=O) groups is 2. The van der Waals surface area contributed by atoms with E-state index in [2.05, 4.69) is 53.1 Å². The first-order valence-corrected chi connectivity index (χ1v) is 17.0. The quantitative estimate of drug-likeness (QED) is 0.120. The maximum atomic E-state index is 13.2. The molecular weight excluding hydrogens is 608 g/mol. The van der Waals surface area contributed by atoms with E-state index in [-0.39, 0.29) is 11.8 Å². The molecule has 2 amide bonds. The van der Waals surface area contributed by atoms with Crippen LogP contribution in [0.5, 0.6) is 0 Å². The summed E-state index contributed by atoms with van der Waals surface area (Å²) in [7, 11) is 0. The topological polar surface area (TPSA) is 98.0 Å². The highest BCUT2D eigenvalue weighted by atomic mass is 16.2. The van der Waals surface area contributed by atoms with Gasteiger partial charge in [-0.1, -0.05) is 79.7 Å². The zero-order chi connectivity index (χ0) is 34.0. The first-order valence-electron chi connectivity index (χ1n) is 17.0. The molecule has 0 aliphatic carbocycles. The molecule has 0 fully saturated rings. The highest BCUT2D eigenvalue weighted by Crippen LogP contribution is 2.20. The van der Waals surface area contributed by atoms with Gasteiger partial charge in [0.2, 0.25) is 11.8 Å². The minimum absolute atomic E-state index is 0.0267. The fourth-order valence-corrected chi connectivity index (χ4v) is 6.15. The molecule has 49 heavy (non-hydrogen) atoms. The number of H-pyrrole nitrogens is 2. The fourth-order valence-electron chi connectivity index (χ4n) is 6.15. The molecule has 8 heteroatoms. The number of amides is 2. The Kier molecular flexibility index (Phi) is 10.8. The van der Waals surface area contributed by atoms with Gasteiger partial charge < -0.3 is 19.8 Å². The van der Waals surface area contributed by atoms with Gasteiger partial charge in [0.05, 0.1) is 48.0 Å². The Bertz CT molecular complexity index is 2060. The van der Waals surface area contributed by atoms with E-state index in [0.717, 1.165) is 64.1 Å². The molecule has 0 bridgehead atoms. The highest BCUT2D eigenvalue weighted by Gasteiger charge is 2.18. The van der Waals surface area contributed by atoms with E-state index >= 15 is 0 Å². The monoisotopic (exact) mass is 650 g/mol. The number of fused-ring (bicyclic) bond motifs is 2.